The predicted molar refractivity (Wildman–Crippen MR) is 99.0 cm³/mol. The molecular weight excluding hydrogens is 318 g/mol. The summed E-state index contributed by atoms with van der Waals surface area (Å²) >= 11 is 0. The van der Waals surface area contributed by atoms with Crippen molar-refractivity contribution in [1.29, 1.82) is 0 Å². The van der Waals surface area contributed by atoms with E-state index in [1.807, 2.05) is 24.3 Å². The van der Waals surface area contributed by atoms with Crippen molar-refractivity contribution in [2.45, 2.75) is 19.8 Å². The Balaban J connectivity index is 2.04. The van der Waals surface area contributed by atoms with Crippen molar-refractivity contribution in [3.63, 3.8) is 0 Å². The molecule has 1 nitrogen and oxygen atoms in total. The molecule has 0 atom stereocenters. The van der Waals surface area contributed by atoms with E-state index in [1.54, 1.807) is 24.3 Å². The molecule has 0 N–H and O–H groups in total. The second kappa shape index (κ2) is 7.47. The van der Waals surface area contributed by atoms with Gasteiger partial charge in [0.05, 0.1) is 0 Å². The molecule has 3 rings (SSSR count). The Labute approximate surface area is 146 Å². The molecular formula is C22H20F2O. The lowest BCUT2D eigenvalue weighted by molar-refractivity contribution is 0.363. The van der Waals surface area contributed by atoms with Crippen LogP contribution < -0.4 is 4.74 Å². The lowest BCUT2D eigenvalue weighted by Gasteiger charge is -2.10. The lowest BCUT2D eigenvalue weighted by atomic mass is 9.98. The molecule has 0 saturated carbocycles. The molecule has 0 fully saturated rings. The number of hydrogen-bond acceptors (Lipinski definition) is 1. The zero-order valence-electron chi connectivity index (χ0n) is 14.2. The first-order valence-electron chi connectivity index (χ1n) is 8.38. The van der Waals surface area contributed by atoms with E-state index < -0.39 is 11.6 Å². The Kier molecular flexibility index (Phi) is 5.13. The van der Waals surface area contributed by atoms with E-state index in [0.717, 1.165) is 12.8 Å². The van der Waals surface area contributed by atoms with Crippen molar-refractivity contribution in [3.05, 3.63) is 78.4 Å². The summed E-state index contributed by atoms with van der Waals surface area (Å²) in [5.41, 5.74) is 2.13. The highest BCUT2D eigenvalue weighted by atomic mass is 19.2. The van der Waals surface area contributed by atoms with Crippen molar-refractivity contribution >= 4 is 10.8 Å². The molecule has 3 aromatic carbocycles. The summed E-state index contributed by atoms with van der Waals surface area (Å²) < 4.78 is 34.6. The van der Waals surface area contributed by atoms with Gasteiger partial charge >= 0.3 is 0 Å². The molecule has 0 aliphatic rings. The fraction of sp³-hybridized carbons (Fsp3) is 0.182. The van der Waals surface area contributed by atoms with Crippen LogP contribution in [0.4, 0.5) is 8.78 Å². The van der Waals surface area contributed by atoms with Gasteiger partial charge in [-0.25, -0.2) is 8.78 Å². The first-order chi connectivity index (χ1) is 12.1. The number of aryl methyl sites for hydroxylation is 1. The van der Waals surface area contributed by atoms with Crippen LogP contribution >= 0.6 is 0 Å². The fourth-order valence-electron chi connectivity index (χ4n) is 2.90. The molecule has 0 spiro atoms. The summed E-state index contributed by atoms with van der Waals surface area (Å²) in [6.07, 6.45) is 3.63. The SMILES string of the molecule is C=CCOc1ccc2cc(-c3ccc(CCC)cc3)c(F)c(F)c2c1. The summed E-state index contributed by atoms with van der Waals surface area (Å²) in [5, 5.41) is 0.850. The number of benzene rings is 3. The van der Waals surface area contributed by atoms with Crippen molar-refractivity contribution in [2.24, 2.45) is 0 Å². The van der Waals surface area contributed by atoms with Gasteiger partial charge in [-0.1, -0.05) is 56.3 Å². The fourth-order valence-corrected chi connectivity index (χ4v) is 2.90. The standard InChI is InChI=1S/C22H20F2O/c1-3-5-15-6-8-16(9-7-15)19-13-17-10-11-18(25-12-4-2)14-20(17)22(24)21(19)23/h4,6-11,13-14H,2-3,5,12H2,1H3. The molecule has 128 valence electrons. The van der Waals surface area contributed by atoms with Crippen molar-refractivity contribution in [3.8, 4) is 16.9 Å². The molecule has 0 aliphatic carbocycles. The van der Waals surface area contributed by atoms with Gasteiger partial charge in [0.2, 0.25) is 0 Å². The molecule has 0 heterocycles. The highest BCUT2D eigenvalue weighted by molar-refractivity contribution is 5.89. The monoisotopic (exact) mass is 338 g/mol. The Hall–Kier alpha value is -2.68. The van der Waals surface area contributed by atoms with E-state index in [1.165, 1.54) is 11.6 Å². The minimum absolute atomic E-state index is 0.213. The molecule has 3 aromatic rings. The summed E-state index contributed by atoms with van der Waals surface area (Å²) in [6, 6.07) is 14.3. The summed E-state index contributed by atoms with van der Waals surface area (Å²) in [4.78, 5) is 0. The molecule has 0 saturated heterocycles. The molecule has 0 aromatic heterocycles. The van der Waals surface area contributed by atoms with Gasteiger partial charge in [0.1, 0.15) is 12.4 Å². The van der Waals surface area contributed by atoms with Crippen LogP contribution in [0, 0.1) is 11.6 Å². The highest BCUT2D eigenvalue weighted by Crippen LogP contribution is 2.32. The maximum atomic E-state index is 14.6. The van der Waals surface area contributed by atoms with Crippen molar-refractivity contribution < 1.29 is 13.5 Å². The highest BCUT2D eigenvalue weighted by Gasteiger charge is 2.15. The molecule has 0 aliphatic heterocycles. The van der Waals surface area contributed by atoms with Gasteiger partial charge in [0.15, 0.2) is 11.6 Å². The molecule has 0 amide bonds. The molecule has 25 heavy (non-hydrogen) atoms. The summed E-state index contributed by atoms with van der Waals surface area (Å²) in [7, 11) is 0. The van der Waals surface area contributed by atoms with Gasteiger partial charge in [0, 0.05) is 10.9 Å². The zero-order valence-corrected chi connectivity index (χ0v) is 14.2. The van der Waals surface area contributed by atoms with Gasteiger partial charge in [-0.05, 0) is 41.1 Å². The van der Waals surface area contributed by atoms with Crippen LogP contribution in [0.5, 0.6) is 5.75 Å². The van der Waals surface area contributed by atoms with Crippen LogP contribution in [0.3, 0.4) is 0 Å². The van der Waals surface area contributed by atoms with E-state index >= 15 is 0 Å². The maximum Gasteiger partial charge on any atom is 0.167 e. The Morgan fingerprint density at radius 2 is 1.76 bits per heavy atom. The first-order valence-corrected chi connectivity index (χ1v) is 8.38. The van der Waals surface area contributed by atoms with Gasteiger partial charge in [-0.2, -0.15) is 0 Å². The van der Waals surface area contributed by atoms with Gasteiger partial charge in [-0.15, -0.1) is 0 Å². The molecule has 0 unspecified atom stereocenters. The topological polar surface area (TPSA) is 9.23 Å². The third kappa shape index (κ3) is 3.55. The smallest absolute Gasteiger partial charge is 0.167 e. The molecule has 0 bridgehead atoms. The lowest BCUT2D eigenvalue weighted by Crippen LogP contribution is -1.96. The minimum Gasteiger partial charge on any atom is -0.490 e. The zero-order chi connectivity index (χ0) is 17.8. The van der Waals surface area contributed by atoms with Crippen LogP contribution in [0.2, 0.25) is 0 Å². The minimum atomic E-state index is -0.853. The van der Waals surface area contributed by atoms with Crippen LogP contribution in [-0.2, 0) is 6.42 Å². The third-order valence-electron chi connectivity index (χ3n) is 4.16. The Morgan fingerprint density at radius 1 is 1.00 bits per heavy atom. The largest absolute Gasteiger partial charge is 0.490 e. The van der Waals surface area contributed by atoms with Crippen LogP contribution in [0.25, 0.3) is 21.9 Å². The van der Waals surface area contributed by atoms with E-state index in [4.69, 9.17) is 4.74 Å². The number of rotatable bonds is 6. The van der Waals surface area contributed by atoms with Crippen LogP contribution in [0.15, 0.2) is 61.2 Å². The molecule has 3 heteroatoms. The third-order valence-corrected chi connectivity index (χ3v) is 4.16. The summed E-state index contributed by atoms with van der Waals surface area (Å²) in [5.74, 6) is -1.20. The van der Waals surface area contributed by atoms with E-state index in [-0.39, 0.29) is 10.9 Å². The van der Waals surface area contributed by atoms with Crippen molar-refractivity contribution in [2.75, 3.05) is 6.61 Å². The number of fused-ring (bicyclic) bond motifs is 1. The first kappa shape index (κ1) is 17.2. The quantitative estimate of drug-likeness (QED) is 0.479. The Bertz CT molecular complexity index is 898. The average Bonchev–Trinajstić information content (AvgIpc) is 2.64. The van der Waals surface area contributed by atoms with Crippen molar-refractivity contribution in [1.82, 2.24) is 0 Å². The average molecular weight is 338 g/mol. The summed E-state index contributed by atoms with van der Waals surface area (Å²) in [6.45, 7) is 6.00. The van der Waals surface area contributed by atoms with Gasteiger partial charge in [-0.3, -0.25) is 0 Å². The number of halogens is 2. The number of hydrogen-bond donors (Lipinski definition) is 0. The van der Waals surface area contributed by atoms with Gasteiger partial charge in [0.25, 0.3) is 0 Å². The van der Waals surface area contributed by atoms with E-state index in [0.29, 0.717) is 23.3 Å². The maximum absolute atomic E-state index is 14.6. The molecule has 0 radical (unpaired) electrons. The second-order valence-corrected chi connectivity index (χ2v) is 5.98. The van der Waals surface area contributed by atoms with Gasteiger partial charge < -0.3 is 4.74 Å². The van der Waals surface area contributed by atoms with Crippen LogP contribution in [-0.4, -0.2) is 6.61 Å². The normalized spacial score (nSPS) is 10.8. The van der Waals surface area contributed by atoms with E-state index in [2.05, 4.69) is 13.5 Å². The number of ether oxygens (including phenoxy) is 1. The second-order valence-electron chi connectivity index (χ2n) is 5.98. The van der Waals surface area contributed by atoms with E-state index in [9.17, 15) is 8.78 Å². The predicted octanol–water partition coefficient (Wildman–Crippen LogP) is 6.30. The Morgan fingerprint density at radius 3 is 2.44 bits per heavy atom. The van der Waals surface area contributed by atoms with Crippen LogP contribution in [0.1, 0.15) is 18.9 Å².